The number of aryl methyl sites for hydroxylation is 2. The van der Waals surface area contributed by atoms with Crippen LogP contribution in [0.3, 0.4) is 0 Å². The maximum absolute atomic E-state index is 12.6. The number of hydrogen-bond donors (Lipinski definition) is 2. The van der Waals surface area contributed by atoms with Crippen LogP contribution in [0.5, 0.6) is 0 Å². The van der Waals surface area contributed by atoms with Crippen LogP contribution in [0.2, 0.25) is 5.02 Å². The molecule has 1 heterocycles. The normalized spacial score (nSPS) is 14.7. The average molecular weight is 500 g/mol. The third kappa shape index (κ3) is 7.05. The number of anilines is 1. The van der Waals surface area contributed by atoms with Crippen LogP contribution in [0, 0.1) is 19.8 Å². The number of likely N-dealkylation sites (tertiary alicyclic amines) is 1. The number of amides is 3. The van der Waals surface area contributed by atoms with E-state index in [0.717, 1.165) is 11.1 Å². The van der Waals surface area contributed by atoms with Gasteiger partial charge >= 0.3 is 5.97 Å². The van der Waals surface area contributed by atoms with Crippen molar-refractivity contribution in [3.8, 4) is 0 Å². The predicted octanol–water partition coefficient (Wildman–Crippen LogP) is 3.50. The van der Waals surface area contributed by atoms with Gasteiger partial charge in [0.25, 0.3) is 11.8 Å². The van der Waals surface area contributed by atoms with Crippen molar-refractivity contribution in [1.82, 2.24) is 10.2 Å². The summed E-state index contributed by atoms with van der Waals surface area (Å²) in [7, 11) is 0. The van der Waals surface area contributed by atoms with Crippen LogP contribution < -0.4 is 10.6 Å². The molecule has 35 heavy (non-hydrogen) atoms. The summed E-state index contributed by atoms with van der Waals surface area (Å²) < 4.78 is 5.33. The average Bonchev–Trinajstić information content (AvgIpc) is 2.85. The van der Waals surface area contributed by atoms with Crippen LogP contribution in [-0.4, -0.2) is 54.3 Å². The highest BCUT2D eigenvalue weighted by Crippen LogP contribution is 2.22. The molecule has 0 spiro atoms. The van der Waals surface area contributed by atoms with E-state index >= 15 is 0 Å². The topological polar surface area (TPSA) is 105 Å². The number of benzene rings is 2. The molecule has 1 aliphatic rings. The van der Waals surface area contributed by atoms with Crippen molar-refractivity contribution < 1.29 is 23.9 Å². The van der Waals surface area contributed by atoms with Gasteiger partial charge in [-0.25, -0.2) is 0 Å². The second-order valence-electron chi connectivity index (χ2n) is 8.69. The number of nitrogens with zero attached hydrogens (tertiary/aromatic N) is 1. The molecule has 3 amide bonds. The second-order valence-corrected chi connectivity index (χ2v) is 9.12. The predicted molar refractivity (Wildman–Crippen MR) is 133 cm³/mol. The molecule has 2 aromatic carbocycles. The van der Waals surface area contributed by atoms with Crippen LogP contribution in [0.1, 0.15) is 41.3 Å². The van der Waals surface area contributed by atoms with Crippen molar-refractivity contribution >= 4 is 41.0 Å². The fraction of sp³-hybridized carbons (Fsp3) is 0.385. The molecule has 8 nitrogen and oxygen atoms in total. The third-order valence-electron chi connectivity index (χ3n) is 6.04. The molecule has 0 aromatic heterocycles. The summed E-state index contributed by atoms with van der Waals surface area (Å²) >= 11 is 5.87. The van der Waals surface area contributed by atoms with Gasteiger partial charge in [0.1, 0.15) is 0 Å². The number of hydrogen-bond acceptors (Lipinski definition) is 5. The van der Waals surface area contributed by atoms with E-state index in [1.54, 1.807) is 29.2 Å². The van der Waals surface area contributed by atoms with Crippen LogP contribution >= 0.6 is 11.6 Å². The molecule has 0 unspecified atom stereocenters. The maximum Gasteiger partial charge on any atom is 0.309 e. The first kappa shape index (κ1) is 26.2. The summed E-state index contributed by atoms with van der Waals surface area (Å²) in [6.07, 6.45) is -0.140. The van der Waals surface area contributed by atoms with Gasteiger partial charge in [0.2, 0.25) is 5.91 Å². The van der Waals surface area contributed by atoms with Crippen molar-refractivity contribution in [2.45, 2.75) is 39.7 Å². The number of nitrogens with one attached hydrogen (secondary N) is 2. The molecule has 2 aromatic rings. The number of para-hydroxylation sites is 1. The van der Waals surface area contributed by atoms with Gasteiger partial charge in [0.05, 0.1) is 12.5 Å². The van der Waals surface area contributed by atoms with Crippen molar-refractivity contribution in [1.29, 1.82) is 0 Å². The highest BCUT2D eigenvalue weighted by molar-refractivity contribution is 6.30. The second kappa shape index (κ2) is 11.8. The maximum atomic E-state index is 12.6. The summed E-state index contributed by atoms with van der Waals surface area (Å²) in [4.78, 5) is 51.4. The summed E-state index contributed by atoms with van der Waals surface area (Å²) in [6, 6.07) is 12.4. The summed E-state index contributed by atoms with van der Waals surface area (Å²) in [5.74, 6) is -1.91. The third-order valence-corrected chi connectivity index (χ3v) is 6.29. The molecule has 2 N–H and O–H groups in total. The lowest BCUT2D eigenvalue weighted by atomic mass is 9.96. The zero-order chi connectivity index (χ0) is 25.5. The van der Waals surface area contributed by atoms with E-state index in [1.165, 1.54) is 6.92 Å². The van der Waals surface area contributed by atoms with Gasteiger partial charge in [-0.3, -0.25) is 19.2 Å². The number of piperidine rings is 1. The van der Waals surface area contributed by atoms with E-state index in [0.29, 0.717) is 42.2 Å². The summed E-state index contributed by atoms with van der Waals surface area (Å²) in [5, 5.41) is 5.85. The Kier molecular flexibility index (Phi) is 8.87. The minimum Gasteiger partial charge on any atom is -0.452 e. The minimum absolute atomic E-state index is 0.111. The Balaban J connectivity index is 1.42. The van der Waals surface area contributed by atoms with Crippen molar-refractivity contribution in [3.63, 3.8) is 0 Å². The summed E-state index contributed by atoms with van der Waals surface area (Å²) in [5.41, 5.74) is 3.11. The van der Waals surface area contributed by atoms with E-state index in [2.05, 4.69) is 10.6 Å². The van der Waals surface area contributed by atoms with E-state index in [-0.39, 0.29) is 18.4 Å². The van der Waals surface area contributed by atoms with Crippen LogP contribution in [0.25, 0.3) is 0 Å². The lowest BCUT2D eigenvalue weighted by molar-refractivity contribution is -0.160. The van der Waals surface area contributed by atoms with Gasteiger partial charge in [-0.15, -0.1) is 0 Å². The van der Waals surface area contributed by atoms with Crippen molar-refractivity contribution in [3.05, 3.63) is 64.2 Å². The lowest BCUT2D eigenvalue weighted by Crippen LogP contribution is -2.43. The minimum atomic E-state index is -1.04. The largest absolute Gasteiger partial charge is 0.452 e. The van der Waals surface area contributed by atoms with Crippen LogP contribution in [-0.2, 0) is 19.1 Å². The Bertz CT molecular complexity index is 1070. The molecule has 0 saturated carbocycles. The van der Waals surface area contributed by atoms with Crippen molar-refractivity contribution in [2.24, 2.45) is 5.92 Å². The fourth-order valence-electron chi connectivity index (χ4n) is 3.92. The van der Waals surface area contributed by atoms with E-state index < -0.39 is 23.9 Å². The quantitative estimate of drug-likeness (QED) is 0.567. The number of carbonyl (C=O) groups excluding carboxylic acids is 4. The molecule has 0 aliphatic carbocycles. The van der Waals surface area contributed by atoms with Gasteiger partial charge in [0.15, 0.2) is 6.10 Å². The number of carbonyl (C=O) groups is 4. The van der Waals surface area contributed by atoms with Crippen molar-refractivity contribution in [2.75, 3.05) is 25.0 Å². The molecular weight excluding hydrogens is 470 g/mol. The highest BCUT2D eigenvalue weighted by Gasteiger charge is 2.30. The van der Waals surface area contributed by atoms with Gasteiger partial charge < -0.3 is 20.3 Å². The van der Waals surface area contributed by atoms with Gasteiger partial charge in [-0.2, -0.15) is 0 Å². The smallest absolute Gasteiger partial charge is 0.309 e. The Morgan fingerprint density at radius 3 is 2.23 bits per heavy atom. The summed E-state index contributed by atoms with van der Waals surface area (Å²) in [6.45, 7) is 5.84. The molecule has 0 radical (unpaired) electrons. The van der Waals surface area contributed by atoms with Gasteiger partial charge in [0, 0.05) is 29.4 Å². The van der Waals surface area contributed by atoms with E-state index in [1.807, 2.05) is 32.0 Å². The number of ether oxygens (including phenoxy) is 1. The Morgan fingerprint density at radius 2 is 1.63 bits per heavy atom. The Morgan fingerprint density at radius 1 is 1.03 bits per heavy atom. The Hall–Kier alpha value is -3.39. The SMILES string of the molecule is Cc1cccc(C)c1NC(=O)CNC(=O)[C@H](C)OC(=O)C1CCN(C(=O)c2ccc(Cl)cc2)CC1. The standard InChI is InChI=1S/C26H30ClN3O5/c1-16-5-4-6-17(2)23(16)29-22(31)15-28-24(32)18(3)35-26(34)20-11-13-30(14-12-20)25(33)19-7-9-21(27)10-8-19/h4-10,18,20H,11-15H2,1-3H3,(H,28,32)(H,29,31)/t18-/m0/s1. The monoisotopic (exact) mass is 499 g/mol. The number of esters is 1. The first-order valence-electron chi connectivity index (χ1n) is 11.5. The molecule has 3 rings (SSSR count). The molecule has 186 valence electrons. The molecular formula is C26H30ClN3O5. The van der Waals surface area contributed by atoms with Gasteiger partial charge in [-0.1, -0.05) is 29.8 Å². The zero-order valence-corrected chi connectivity index (χ0v) is 20.9. The molecule has 1 atom stereocenters. The van der Waals surface area contributed by atoms with Crippen LogP contribution in [0.15, 0.2) is 42.5 Å². The van der Waals surface area contributed by atoms with E-state index in [4.69, 9.17) is 16.3 Å². The molecule has 9 heteroatoms. The van der Waals surface area contributed by atoms with Crippen LogP contribution in [0.4, 0.5) is 5.69 Å². The highest BCUT2D eigenvalue weighted by atomic mass is 35.5. The van der Waals surface area contributed by atoms with E-state index in [9.17, 15) is 19.2 Å². The molecule has 1 fully saturated rings. The molecule has 1 aliphatic heterocycles. The molecule has 0 bridgehead atoms. The molecule has 1 saturated heterocycles. The number of rotatable bonds is 7. The first-order valence-corrected chi connectivity index (χ1v) is 11.9. The fourth-order valence-corrected chi connectivity index (χ4v) is 4.05. The lowest BCUT2D eigenvalue weighted by Gasteiger charge is -2.31. The zero-order valence-electron chi connectivity index (χ0n) is 20.1. The first-order chi connectivity index (χ1) is 16.7. The Labute approximate surface area is 210 Å². The number of halogens is 1. The van der Waals surface area contributed by atoms with Gasteiger partial charge in [-0.05, 0) is 69.0 Å².